The van der Waals surface area contributed by atoms with Crippen LogP contribution in [0.3, 0.4) is 0 Å². The largest absolute Gasteiger partial charge is 0.261 e. The maximum Gasteiger partial charge on any atom is 0.0812 e. The third-order valence-corrected chi connectivity index (χ3v) is 1.80. The molecule has 0 aliphatic rings. The van der Waals surface area contributed by atoms with E-state index in [4.69, 9.17) is 0 Å². The summed E-state index contributed by atoms with van der Waals surface area (Å²) in [5, 5.41) is 0.989. The molecule has 0 aliphatic carbocycles. The Hall–Kier alpha value is -0.700. The van der Waals surface area contributed by atoms with Crippen molar-refractivity contribution in [1.29, 1.82) is 0 Å². The highest BCUT2D eigenvalue weighted by molar-refractivity contribution is 9.09. The van der Waals surface area contributed by atoms with Crippen LogP contribution < -0.4 is 0 Å². The SMILES string of the molecule is Cc1cncc(C=CCCBr)n1. The number of aryl methyl sites for hydroxylation is 1. The Labute approximate surface area is 80.9 Å². The van der Waals surface area contributed by atoms with Crippen molar-refractivity contribution in [3.05, 3.63) is 29.9 Å². The Balaban J connectivity index is 2.63. The summed E-state index contributed by atoms with van der Waals surface area (Å²) in [6, 6.07) is 0. The first-order chi connectivity index (χ1) is 5.83. The molecule has 1 aromatic rings. The molecule has 0 saturated carbocycles. The Bertz CT molecular complexity index is 271. The molecule has 0 saturated heterocycles. The third kappa shape index (κ3) is 3.13. The van der Waals surface area contributed by atoms with E-state index in [1.165, 1.54) is 0 Å². The maximum atomic E-state index is 4.28. The van der Waals surface area contributed by atoms with Gasteiger partial charge in [0.1, 0.15) is 0 Å². The molecule has 0 atom stereocenters. The summed E-state index contributed by atoms with van der Waals surface area (Å²) in [5.41, 5.74) is 1.88. The molecular weight excluding hydrogens is 216 g/mol. The molecule has 0 amide bonds. The van der Waals surface area contributed by atoms with Crippen molar-refractivity contribution >= 4 is 22.0 Å². The van der Waals surface area contributed by atoms with Crippen LogP contribution in [0.5, 0.6) is 0 Å². The average Bonchev–Trinajstić information content (AvgIpc) is 2.05. The van der Waals surface area contributed by atoms with Gasteiger partial charge in [-0.3, -0.25) is 9.97 Å². The van der Waals surface area contributed by atoms with Crippen LogP contribution in [0.25, 0.3) is 6.08 Å². The molecule has 0 N–H and O–H groups in total. The monoisotopic (exact) mass is 226 g/mol. The van der Waals surface area contributed by atoms with E-state index in [0.717, 1.165) is 23.1 Å². The minimum Gasteiger partial charge on any atom is -0.261 e. The zero-order valence-corrected chi connectivity index (χ0v) is 8.58. The second-order valence-corrected chi connectivity index (χ2v) is 3.26. The van der Waals surface area contributed by atoms with Crippen LogP contribution in [0, 0.1) is 6.92 Å². The van der Waals surface area contributed by atoms with Crippen LogP contribution >= 0.6 is 15.9 Å². The number of aromatic nitrogens is 2. The standard InChI is InChI=1S/C9H11BrN2/c1-8-6-11-7-9(12-8)4-2-3-5-10/h2,4,6-7H,3,5H2,1H3. The quantitative estimate of drug-likeness (QED) is 0.741. The van der Waals surface area contributed by atoms with Gasteiger partial charge in [0.2, 0.25) is 0 Å². The fourth-order valence-electron chi connectivity index (χ4n) is 0.830. The molecule has 1 aromatic heterocycles. The molecule has 1 heterocycles. The molecule has 0 bridgehead atoms. The molecule has 0 aromatic carbocycles. The number of nitrogens with zero attached hydrogens (tertiary/aromatic N) is 2. The highest BCUT2D eigenvalue weighted by Crippen LogP contribution is 1.99. The normalized spacial score (nSPS) is 10.8. The van der Waals surface area contributed by atoms with Crippen molar-refractivity contribution in [2.24, 2.45) is 0 Å². The number of hydrogen-bond acceptors (Lipinski definition) is 2. The van der Waals surface area contributed by atoms with Crippen LogP contribution in [0.4, 0.5) is 0 Å². The minimum atomic E-state index is 0.927. The van der Waals surface area contributed by atoms with Gasteiger partial charge in [0, 0.05) is 11.5 Å². The number of allylic oxidation sites excluding steroid dienone is 1. The van der Waals surface area contributed by atoms with E-state index >= 15 is 0 Å². The van der Waals surface area contributed by atoms with E-state index in [2.05, 4.69) is 32.0 Å². The topological polar surface area (TPSA) is 25.8 Å². The fraction of sp³-hybridized carbons (Fsp3) is 0.333. The van der Waals surface area contributed by atoms with Gasteiger partial charge in [-0.05, 0) is 19.4 Å². The highest BCUT2D eigenvalue weighted by atomic mass is 79.9. The van der Waals surface area contributed by atoms with Crippen LogP contribution in [0.1, 0.15) is 17.8 Å². The molecule has 64 valence electrons. The fourth-order valence-corrected chi connectivity index (χ4v) is 1.09. The van der Waals surface area contributed by atoms with Gasteiger partial charge in [-0.15, -0.1) is 0 Å². The van der Waals surface area contributed by atoms with Crippen molar-refractivity contribution in [1.82, 2.24) is 9.97 Å². The van der Waals surface area contributed by atoms with E-state index in [9.17, 15) is 0 Å². The molecule has 3 heteroatoms. The summed E-state index contributed by atoms with van der Waals surface area (Å²) in [4.78, 5) is 8.32. The van der Waals surface area contributed by atoms with Gasteiger partial charge in [0.15, 0.2) is 0 Å². The lowest BCUT2D eigenvalue weighted by atomic mass is 10.3. The van der Waals surface area contributed by atoms with E-state index in [0.29, 0.717) is 0 Å². The van der Waals surface area contributed by atoms with Gasteiger partial charge in [-0.2, -0.15) is 0 Å². The summed E-state index contributed by atoms with van der Waals surface area (Å²) >= 11 is 3.35. The summed E-state index contributed by atoms with van der Waals surface area (Å²) in [7, 11) is 0. The predicted molar refractivity (Wildman–Crippen MR) is 54.2 cm³/mol. The van der Waals surface area contributed by atoms with Gasteiger partial charge >= 0.3 is 0 Å². The van der Waals surface area contributed by atoms with Crippen molar-refractivity contribution in [2.45, 2.75) is 13.3 Å². The van der Waals surface area contributed by atoms with Crippen LogP contribution in [-0.4, -0.2) is 15.3 Å². The molecule has 0 radical (unpaired) electrons. The van der Waals surface area contributed by atoms with Gasteiger partial charge in [-0.1, -0.05) is 22.0 Å². The van der Waals surface area contributed by atoms with Crippen molar-refractivity contribution in [3.8, 4) is 0 Å². The first kappa shape index (κ1) is 9.39. The molecule has 0 fully saturated rings. The summed E-state index contributed by atoms with van der Waals surface area (Å²) < 4.78 is 0. The molecule has 2 nitrogen and oxygen atoms in total. The zero-order valence-electron chi connectivity index (χ0n) is 7.00. The van der Waals surface area contributed by atoms with Crippen molar-refractivity contribution in [3.63, 3.8) is 0 Å². The number of rotatable bonds is 3. The first-order valence-corrected chi connectivity index (χ1v) is 4.96. The van der Waals surface area contributed by atoms with E-state index in [-0.39, 0.29) is 0 Å². The number of hydrogen-bond donors (Lipinski definition) is 0. The molecule has 0 spiro atoms. The Kier molecular flexibility index (Phi) is 3.94. The van der Waals surface area contributed by atoms with Crippen molar-refractivity contribution in [2.75, 3.05) is 5.33 Å². The Morgan fingerprint density at radius 2 is 2.33 bits per heavy atom. The van der Waals surface area contributed by atoms with Gasteiger partial charge in [0.25, 0.3) is 0 Å². The Morgan fingerprint density at radius 3 is 3.00 bits per heavy atom. The lowest BCUT2D eigenvalue weighted by Crippen LogP contribution is -1.86. The second-order valence-electron chi connectivity index (χ2n) is 2.47. The van der Waals surface area contributed by atoms with Gasteiger partial charge in [-0.25, -0.2) is 0 Å². The van der Waals surface area contributed by atoms with E-state index < -0.39 is 0 Å². The van der Waals surface area contributed by atoms with Crippen molar-refractivity contribution < 1.29 is 0 Å². The van der Waals surface area contributed by atoms with Gasteiger partial charge < -0.3 is 0 Å². The highest BCUT2D eigenvalue weighted by Gasteiger charge is 1.88. The first-order valence-electron chi connectivity index (χ1n) is 3.84. The number of alkyl halides is 1. The second kappa shape index (κ2) is 5.04. The average molecular weight is 227 g/mol. The molecular formula is C9H11BrN2. The summed E-state index contributed by atoms with van der Waals surface area (Å²) in [5.74, 6) is 0. The number of halogens is 1. The Morgan fingerprint density at radius 1 is 1.50 bits per heavy atom. The van der Waals surface area contributed by atoms with E-state index in [1.807, 2.05) is 13.0 Å². The zero-order chi connectivity index (χ0) is 8.81. The van der Waals surface area contributed by atoms with Crippen LogP contribution in [0.2, 0.25) is 0 Å². The minimum absolute atomic E-state index is 0.927. The molecule has 12 heavy (non-hydrogen) atoms. The lowest BCUT2D eigenvalue weighted by molar-refractivity contribution is 1.10. The molecule has 0 unspecified atom stereocenters. The maximum absolute atomic E-state index is 4.28. The summed E-state index contributed by atoms with van der Waals surface area (Å²) in [6.07, 6.45) is 8.61. The predicted octanol–water partition coefficient (Wildman–Crippen LogP) is 2.58. The third-order valence-electron chi connectivity index (χ3n) is 1.34. The van der Waals surface area contributed by atoms with Gasteiger partial charge in [0.05, 0.1) is 17.6 Å². The molecule has 1 rings (SSSR count). The van der Waals surface area contributed by atoms with Crippen LogP contribution in [-0.2, 0) is 0 Å². The summed E-state index contributed by atoms with van der Waals surface area (Å²) in [6.45, 7) is 1.94. The van der Waals surface area contributed by atoms with Crippen LogP contribution in [0.15, 0.2) is 18.5 Å². The van der Waals surface area contributed by atoms with E-state index in [1.54, 1.807) is 12.4 Å². The lowest BCUT2D eigenvalue weighted by Gasteiger charge is -1.92. The smallest absolute Gasteiger partial charge is 0.0812 e. The molecule has 0 aliphatic heterocycles.